The largest absolute Gasteiger partial charge is 0.482 e. The first-order valence-corrected chi connectivity index (χ1v) is 8.24. The van der Waals surface area contributed by atoms with Gasteiger partial charge in [-0.3, -0.25) is 9.69 Å². The van der Waals surface area contributed by atoms with Crippen LogP contribution < -0.4 is 0 Å². The lowest BCUT2D eigenvalue weighted by molar-refractivity contribution is -0.146. The molecule has 1 saturated heterocycles. The molecule has 126 valence electrons. The number of hydrogen-bond donors (Lipinski definition) is 0. The molecule has 0 aromatic heterocycles. The molecule has 3 atom stereocenters. The third-order valence-electron chi connectivity index (χ3n) is 4.99. The molecule has 0 saturated carbocycles. The molecule has 4 heterocycles. The fourth-order valence-electron chi connectivity index (χ4n) is 3.98. The smallest absolute Gasteiger partial charge is 0.254 e. The number of carbonyl (C=O) groups is 1. The monoisotopic (exact) mass is 326 g/mol. The highest BCUT2D eigenvalue weighted by Gasteiger charge is 2.64. The fraction of sp³-hybridized carbons (Fsp3) is 0.474. The Kier molecular flexibility index (Phi) is 3.16. The first-order chi connectivity index (χ1) is 11.4. The number of ether oxygens (including phenoxy) is 2. The highest BCUT2D eigenvalue weighted by molar-refractivity contribution is 6.12. The number of nitrogens with zero attached hydrogens (tertiary/aromatic N) is 2. The molecule has 1 amide bonds. The third-order valence-corrected chi connectivity index (χ3v) is 4.99. The first kappa shape index (κ1) is 15.4. The molecule has 0 N–H and O–H groups in total. The number of benzene rings is 1. The van der Waals surface area contributed by atoms with Gasteiger partial charge < -0.3 is 9.47 Å². The molecular formula is C19H22N2O3. The van der Waals surface area contributed by atoms with Crippen LogP contribution in [0.3, 0.4) is 0 Å². The van der Waals surface area contributed by atoms with Crippen LogP contribution in [0.5, 0.6) is 0 Å². The molecule has 5 heteroatoms. The quantitative estimate of drug-likeness (QED) is 0.797. The Labute approximate surface area is 142 Å². The summed E-state index contributed by atoms with van der Waals surface area (Å²) >= 11 is 0. The van der Waals surface area contributed by atoms with E-state index in [0.29, 0.717) is 12.5 Å². The maximum Gasteiger partial charge on any atom is 0.254 e. The van der Waals surface area contributed by atoms with E-state index in [-0.39, 0.29) is 17.6 Å². The topological polar surface area (TPSA) is 51.1 Å². The van der Waals surface area contributed by atoms with Gasteiger partial charge in [0.05, 0.1) is 13.7 Å². The van der Waals surface area contributed by atoms with Crippen molar-refractivity contribution in [3.8, 4) is 0 Å². The summed E-state index contributed by atoms with van der Waals surface area (Å²) in [7, 11) is 1.62. The fourth-order valence-corrected chi connectivity index (χ4v) is 3.98. The van der Waals surface area contributed by atoms with Crippen LogP contribution in [0.2, 0.25) is 0 Å². The lowest BCUT2D eigenvalue weighted by atomic mass is 9.76. The van der Waals surface area contributed by atoms with Gasteiger partial charge in [0.25, 0.3) is 5.91 Å². The van der Waals surface area contributed by atoms with Crippen molar-refractivity contribution in [2.45, 2.75) is 38.6 Å². The highest BCUT2D eigenvalue weighted by Crippen LogP contribution is 2.50. The second kappa shape index (κ2) is 4.93. The molecule has 1 aromatic rings. The summed E-state index contributed by atoms with van der Waals surface area (Å²) in [5.41, 5.74) is 1.16. The van der Waals surface area contributed by atoms with Crippen LogP contribution in [-0.2, 0) is 14.3 Å². The Balaban J connectivity index is 1.92. The summed E-state index contributed by atoms with van der Waals surface area (Å²) in [5, 5.41) is 0. The summed E-state index contributed by atoms with van der Waals surface area (Å²) in [4.78, 5) is 19.4. The zero-order chi connectivity index (χ0) is 17.1. The predicted molar refractivity (Wildman–Crippen MR) is 91.4 cm³/mol. The second-order valence-electron chi connectivity index (χ2n) is 7.63. The van der Waals surface area contributed by atoms with Gasteiger partial charge in [0.15, 0.2) is 11.6 Å². The molecule has 1 fully saturated rings. The van der Waals surface area contributed by atoms with E-state index in [4.69, 9.17) is 9.47 Å². The van der Waals surface area contributed by atoms with Gasteiger partial charge in [-0.2, -0.15) is 0 Å². The Morgan fingerprint density at radius 3 is 2.62 bits per heavy atom. The molecule has 1 spiro atoms. The summed E-state index contributed by atoms with van der Waals surface area (Å²) < 4.78 is 11.8. The standard InChI is InChI=1S/C19H22N2O3/c1-18(2,3)17-21-15(22)14-10-13(12-8-6-5-7-9-12)19(21,11-24-17)16(20-14)23-4/h5-10,14,17H,11H2,1-4H3/t14-,17-,19-/m1/s1. The Morgan fingerprint density at radius 1 is 1.29 bits per heavy atom. The van der Waals surface area contributed by atoms with Gasteiger partial charge in [-0.15, -0.1) is 0 Å². The molecule has 24 heavy (non-hydrogen) atoms. The van der Waals surface area contributed by atoms with Crippen LogP contribution >= 0.6 is 0 Å². The molecule has 4 aliphatic heterocycles. The van der Waals surface area contributed by atoms with Crippen molar-refractivity contribution in [2.24, 2.45) is 10.4 Å². The minimum atomic E-state index is -0.764. The van der Waals surface area contributed by atoms with Crippen LogP contribution in [0.4, 0.5) is 0 Å². The molecule has 0 unspecified atom stereocenters. The maximum absolute atomic E-state index is 13.0. The number of dihydropyridines is 1. The van der Waals surface area contributed by atoms with E-state index in [2.05, 4.69) is 37.9 Å². The average molecular weight is 326 g/mol. The number of aliphatic imine (C=N–C) groups is 1. The van der Waals surface area contributed by atoms with E-state index in [9.17, 15) is 4.79 Å². The average Bonchev–Trinajstić information content (AvgIpc) is 2.98. The third kappa shape index (κ3) is 1.85. The van der Waals surface area contributed by atoms with E-state index in [1.165, 1.54) is 0 Å². The molecule has 0 aliphatic carbocycles. The van der Waals surface area contributed by atoms with Crippen molar-refractivity contribution < 1.29 is 14.3 Å². The highest BCUT2D eigenvalue weighted by atomic mass is 16.5. The number of methoxy groups -OCH3 is 1. The number of rotatable bonds is 1. The Morgan fingerprint density at radius 2 is 2.00 bits per heavy atom. The van der Waals surface area contributed by atoms with E-state index < -0.39 is 11.6 Å². The van der Waals surface area contributed by atoms with Gasteiger partial charge in [0.1, 0.15) is 6.23 Å². The van der Waals surface area contributed by atoms with Crippen molar-refractivity contribution in [1.82, 2.24) is 4.90 Å². The normalized spacial score (nSPS) is 31.7. The van der Waals surface area contributed by atoms with Gasteiger partial charge in [0.2, 0.25) is 5.90 Å². The second-order valence-corrected chi connectivity index (χ2v) is 7.63. The molecular weight excluding hydrogens is 304 g/mol. The van der Waals surface area contributed by atoms with Crippen molar-refractivity contribution in [2.75, 3.05) is 13.7 Å². The maximum atomic E-state index is 13.0. The lowest BCUT2D eigenvalue weighted by Crippen LogP contribution is -2.67. The van der Waals surface area contributed by atoms with Crippen molar-refractivity contribution >= 4 is 17.4 Å². The molecule has 0 radical (unpaired) electrons. The van der Waals surface area contributed by atoms with Gasteiger partial charge in [-0.05, 0) is 17.2 Å². The summed E-state index contributed by atoms with van der Waals surface area (Å²) in [6, 6.07) is 9.57. The minimum absolute atomic E-state index is 0.00657. The van der Waals surface area contributed by atoms with E-state index in [1.54, 1.807) is 7.11 Å². The zero-order valence-corrected chi connectivity index (χ0v) is 14.4. The van der Waals surface area contributed by atoms with Gasteiger partial charge >= 0.3 is 0 Å². The van der Waals surface area contributed by atoms with E-state index in [0.717, 1.165) is 11.1 Å². The van der Waals surface area contributed by atoms with Gasteiger partial charge in [0, 0.05) is 5.41 Å². The van der Waals surface area contributed by atoms with E-state index >= 15 is 0 Å². The molecule has 5 rings (SSSR count). The summed E-state index contributed by atoms with van der Waals surface area (Å²) in [6.45, 7) is 6.62. The minimum Gasteiger partial charge on any atom is -0.482 e. The number of carbonyl (C=O) groups excluding carboxylic acids is 1. The molecule has 5 nitrogen and oxygen atoms in total. The van der Waals surface area contributed by atoms with Crippen molar-refractivity contribution in [3.05, 3.63) is 42.0 Å². The van der Waals surface area contributed by atoms with Crippen molar-refractivity contribution in [1.29, 1.82) is 0 Å². The zero-order valence-electron chi connectivity index (χ0n) is 14.4. The van der Waals surface area contributed by atoms with Crippen LogP contribution in [0, 0.1) is 5.41 Å². The van der Waals surface area contributed by atoms with Gasteiger partial charge in [-0.25, -0.2) is 4.99 Å². The Hall–Kier alpha value is -2.14. The number of hydrogen-bond acceptors (Lipinski definition) is 4. The van der Waals surface area contributed by atoms with Crippen LogP contribution in [0.15, 0.2) is 41.4 Å². The summed E-state index contributed by atoms with van der Waals surface area (Å²) in [5.74, 6) is 0.563. The predicted octanol–water partition coefficient (Wildman–Crippen LogP) is 2.48. The van der Waals surface area contributed by atoms with Gasteiger partial charge in [-0.1, -0.05) is 51.1 Å². The first-order valence-electron chi connectivity index (χ1n) is 8.24. The molecule has 4 aliphatic rings. The van der Waals surface area contributed by atoms with Crippen molar-refractivity contribution in [3.63, 3.8) is 0 Å². The SMILES string of the molecule is COC1=N[C@@H]2C=C(c3ccccc3)[C@]13CO[C@H](C(C)(C)C)N3C2=O. The van der Waals surface area contributed by atoms with E-state index in [1.807, 2.05) is 29.2 Å². The van der Waals surface area contributed by atoms with Crippen LogP contribution in [0.25, 0.3) is 5.57 Å². The molecule has 2 bridgehead atoms. The summed E-state index contributed by atoms with van der Waals surface area (Å²) in [6.07, 6.45) is 1.66. The number of amides is 1. The van der Waals surface area contributed by atoms with Crippen LogP contribution in [-0.4, -0.2) is 48.2 Å². The molecule has 1 aromatic carbocycles. The lowest BCUT2D eigenvalue weighted by Gasteiger charge is -2.49. The Bertz CT molecular complexity index is 748. The van der Waals surface area contributed by atoms with Crippen LogP contribution in [0.1, 0.15) is 26.3 Å².